The predicted molar refractivity (Wildman–Crippen MR) is 116 cm³/mol. The van der Waals surface area contributed by atoms with E-state index in [0.29, 0.717) is 0 Å². The van der Waals surface area contributed by atoms with Crippen molar-refractivity contribution in [3.8, 4) is 0 Å². The van der Waals surface area contributed by atoms with E-state index in [9.17, 15) is 0 Å². The molecule has 0 saturated carbocycles. The predicted octanol–water partition coefficient (Wildman–Crippen LogP) is 6.99. The van der Waals surface area contributed by atoms with E-state index >= 15 is 0 Å². The van der Waals surface area contributed by atoms with E-state index in [0.717, 1.165) is 24.2 Å². The summed E-state index contributed by atoms with van der Waals surface area (Å²) in [5.41, 5.74) is 5.98. The Morgan fingerprint density at radius 2 is 1.96 bits per heavy atom. The largest absolute Gasteiger partial charge is 0.355 e. The molecular weight excluding hydrogens is 314 g/mol. The van der Waals surface area contributed by atoms with Gasteiger partial charge in [0.2, 0.25) is 0 Å². The topological polar surface area (TPSA) is 12.0 Å². The molecule has 0 heterocycles. The first kappa shape index (κ1) is 17.8. The molecule has 0 bridgehead atoms. The summed E-state index contributed by atoms with van der Waals surface area (Å²) in [4.78, 5) is 0. The van der Waals surface area contributed by atoms with Gasteiger partial charge in [0.25, 0.3) is 0 Å². The van der Waals surface area contributed by atoms with Crippen LogP contribution in [0.1, 0.15) is 30.9 Å². The molecule has 0 aliphatic heterocycles. The molecule has 0 radical (unpaired) electrons. The minimum absolute atomic E-state index is 0.965. The molecule has 0 unspecified atom stereocenters. The Hall–Kier alpha value is -3.06. The molecule has 1 heteroatoms. The lowest BCUT2D eigenvalue weighted by Gasteiger charge is -2.12. The van der Waals surface area contributed by atoms with Gasteiger partial charge in [0.15, 0.2) is 0 Å². The third-order valence-electron chi connectivity index (χ3n) is 4.23. The fourth-order valence-corrected chi connectivity index (χ4v) is 2.95. The summed E-state index contributed by atoms with van der Waals surface area (Å²) in [5, 5.41) is 3.58. The Morgan fingerprint density at radius 1 is 1.04 bits per heavy atom. The monoisotopic (exact) mass is 339 g/mol. The quantitative estimate of drug-likeness (QED) is 0.570. The Bertz CT molecular complexity index is 867. The van der Waals surface area contributed by atoms with Crippen LogP contribution in [0.2, 0.25) is 0 Å². The van der Waals surface area contributed by atoms with Crippen LogP contribution in [0.5, 0.6) is 0 Å². The fourth-order valence-electron chi connectivity index (χ4n) is 2.95. The lowest BCUT2D eigenvalue weighted by atomic mass is 10.0. The lowest BCUT2D eigenvalue weighted by molar-refractivity contribution is 1.29. The molecule has 0 fully saturated rings. The van der Waals surface area contributed by atoms with Crippen LogP contribution in [-0.2, 0) is 0 Å². The highest BCUT2D eigenvalue weighted by molar-refractivity contribution is 5.78. The van der Waals surface area contributed by atoms with Crippen molar-refractivity contribution in [1.82, 2.24) is 0 Å². The van der Waals surface area contributed by atoms with Gasteiger partial charge in [0.05, 0.1) is 0 Å². The number of nitrogens with one attached hydrogen (secondary N) is 1. The van der Waals surface area contributed by atoms with Gasteiger partial charge >= 0.3 is 0 Å². The second-order valence-electron chi connectivity index (χ2n) is 6.21. The zero-order valence-corrected chi connectivity index (χ0v) is 15.2. The van der Waals surface area contributed by atoms with Crippen molar-refractivity contribution in [2.24, 2.45) is 0 Å². The molecular formula is C25H25N. The van der Waals surface area contributed by atoms with E-state index in [-0.39, 0.29) is 0 Å². The van der Waals surface area contributed by atoms with E-state index in [4.69, 9.17) is 0 Å². The molecule has 0 saturated heterocycles. The summed E-state index contributed by atoms with van der Waals surface area (Å²) in [6, 6.07) is 6.39. The normalized spacial score (nSPS) is 16.7. The molecule has 1 N–H and O–H groups in total. The molecule has 0 atom stereocenters. The van der Waals surface area contributed by atoms with E-state index in [1.54, 1.807) is 0 Å². The number of allylic oxidation sites excluding steroid dienone is 13. The van der Waals surface area contributed by atoms with E-state index < -0.39 is 0 Å². The Morgan fingerprint density at radius 3 is 2.88 bits per heavy atom. The summed E-state index contributed by atoms with van der Waals surface area (Å²) >= 11 is 0. The summed E-state index contributed by atoms with van der Waals surface area (Å²) < 4.78 is 0. The van der Waals surface area contributed by atoms with Crippen molar-refractivity contribution in [2.75, 3.05) is 5.32 Å². The van der Waals surface area contributed by atoms with Gasteiger partial charge in [0, 0.05) is 16.9 Å². The van der Waals surface area contributed by atoms with Gasteiger partial charge < -0.3 is 5.32 Å². The van der Waals surface area contributed by atoms with Crippen molar-refractivity contribution in [3.63, 3.8) is 0 Å². The van der Waals surface area contributed by atoms with Gasteiger partial charge in [0.1, 0.15) is 0 Å². The molecule has 26 heavy (non-hydrogen) atoms. The molecule has 0 spiro atoms. The van der Waals surface area contributed by atoms with Crippen LogP contribution < -0.4 is 5.32 Å². The van der Waals surface area contributed by atoms with Crippen LogP contribution in [0.4, 0.5) is 5.69 Å². The molecule has 1 nitrogen and oxygen atoms in total. The Labute approximate surface area is 156 Å². The highest BCUT2D eigenvalue weighted by atomic mass is 14.9. The average molecular weight is 339 g/mol. The standard InChI is InChI=1S/C25H25N/c1-2-12-23(18-10-15-21-13-6-3-4-7-14-21)26-25-20-11-17-22-16-8-5-9-19-24(22)25/h2-4,6-13,15-20,26H,5,14H2,1H3/b12-2-,15-10+,23-18+. The first-order valence-electron chi connectivity index (χ1n) is 9.13. The summed E-state index contributed by atoms with van der Waals surface area (Å²) in [6.07, 6.45) is 31.8. The highest BCUT2D eigenvalue weighted by Crippen LogP contribution is 2.26. The van der Waals surface area contributed by atoms with Crippen molar-refractivity contribution in [1.29, 1.82) is 0 Å². The Kier molecular flexibility index (Phi) is 6.44. The zero-order valence-electron chi connectivity index (χ0n) is 15.2. The number of anilines is 1. The van der Waals surface area contributed by atoms with Crippen LogP contribution in [0.3, 0.4) is 0 Å². The fraction of sp³-hybridized carbons (Fsp3) is 0.120. The third-order valence-corrected chi connectivity index (χ3v) is 4.23. The molecule has 1 aromatic rings. The zero-order chi connectivity index (χ0) is 18.0. The molecule has 130 valence electrons. The van der Waals surface area contributed by atoms with Gasteiger partial charge in [-0.25, -0.2) is 0 Å². The third kappa shape index (κ3) is 4.97. The maximum absolute atomic E-state index is 3.58. The van der Waals surface area contributed by atoms with Crippen molar-refractivity contribution < 1.29 is 0 Å². The minimum Gasteiger partial charge on any atom is -0.355 e. The molecule has 2 aliphatic rings. The smallest absolute Gasteiger partial charge is 0.0463 e. The SMILES string of the molecule is C\C=C/C(=C\C=C\C1=CC=CC=CC1)Nc1cccc2c1C=CCC=C2. The van der Waals surface area contributed by atoms with E-state index in [2.05, 4.69) is 109 Å². The number of rotatable bonds is 5. The van der Waals surface area contributed by atoms with Gasteiger partial charge in [-0.05, 0) is 49.1 Å². The maximum atomic E-state index is 3.58. The van der Waals surface area contributed by atoms with E-state index in [1.807, 2.05) is 6.92 Å². The second-order valence-corrected chi connectivity index (χ2v) is 6.21. The number of hydrogen-bond acceptors (Lipinski definition) is 1. The molecule has 2 aliphatic carbocycles. The van der Waals surface area contributed by atoms with Crippen LogP contribution in [0, 0.1) is 0 Å². The number of fused-ring (bicyclic) bond motifs is 1. The summed E-state index contributed by atoms with van der Waals surface area (Å²) in [6.45, 7) is 2.04. The minimum atomic E-state index is 0.965. The average Bonchev–Trinajstić information content (AvgIpc) is 3.05. The van der Waals surface area contributed by atoms with Crippen LogP contribution in [0.25, 0.3) is 12.2 Å². The first-order chi connectivity index (χ1) is 12.9. The van der Waals surface area contributed by atoms with Gasteiger partial charge in [-0.2, -0.15) is 0 Å². The van der Waals surface area contributed by atoms with Gasteiger partial charge in [-0.3, -0.25) is 0 Å². The van der Waals surface area contributed by atoms with Crippen LogP contribution in [0.15, 0.2) is 102 Å². The number of hydrogen-bond donors (Lipinski definition) is 1. The lowest BCUT2D eigenvalue weighted by Crippen LogP contribution is -1.99. The van der Waals surface area contributed by atoms with Gasteiger partial charge in [-0.1, -0.05) is 85.0 Å². The second kappa shape index (κ2) is 9.43. The van der Waals surface area contributed by atoms with Gasteiger partial charge in [-0.15, -0.1) is 0 Å². The summed E-state index contributed by atoms with van der Waals surface area (Å²) in [5.74, 6) is 0. The molecule has 0 amide bonds. The van der Waals surface area contributed by atoms with Crippen molar-refractivity contribution >= 4 is 17.8 Å². The van der Waals surface area contributed by atoms with Crippen molar-refractivity contribution in [3.05, 3.63) is 114 Å². The maximum Gasteiger partial charge on any atom is 0.0463 e. The first-order valence-corrected chi connectivity index (χ1v) is 9.13. The van der Waals surface area contributed by atoms with Crippen LogP contribution in [-0.4, -0.2) is 0 Å². The molecule has 1 aromatic carbocycles. The van der Waals surface area contributed by atoms with Crippen LogP contribution >= 0.6 is 0 Å². The van der Waals surface area contributed by atoms with Crippen molar-refractivity contribution in [2.45, 2.75) is 19.8 Å². The highest BCUT2D eigenvalue weighted by Gasteiger charge is 2.05. The molecule has 3 rings (SSSR count). The Balaban J connectivity index is 1.81. The number of benzene rings is 1. The summed E-state index contributed by atoms with van der Waals surface area (Å²) in [7, 11) is 0. The molecule has 0 aromatic heterocycles. The van der Waals surface area contributed by atoms with E-state index in [1.165, 1.54) is 16.7 Å².